The SMILES string of the molecule is CC1CC[C@]2(C(=O)O)CC[C@]3(C)C(=CC[C@@H]4[C@@]5(C)CC[C@@H](O)C(C)(C)[C@@H]5CC[C@]43C)[C@@H]2C1C. The topological polar surface area (TPSA) is 57.5 Å². The molecule has 2 unspecified atom stereocenters. The maximum absolute atomic E-state index is 12.8. The Hall–Kier alpha value is -0.830. The number of carboxylic acids is 1. The Morgan fingerprint density at radius 2 is 1.61 bits per heavy atom. The van der Waals surface area contributed by atoms with Crippen molar-refractivity contribution < 1.29 is 15.0 Å². The minimum Gasteiger partial charge on any atom is -0.481 e. The number of fused-ring (bicyclic) bond motifs is 7. The molecule has 0 amide bonds. The zero-order chi connectivity index (χ0) is 24.2. The van der Waals surface area contributed by atoms with E-state index < -0.39 is 11.4 Å². The number of hydrogen-bond acceptors (Lipinski definition) is 2. The van der Waals surface area contributed by atoms with Crippen LogP contribution in [0.5, 0.6) is 0 Å². The molecule has 186 valence electrons. The van der Waals surface area contributed by atoms with Gasteiger partial charge in [0.25, 0.3) is 0 Å². The van der Waals surface area contributed by atoms with Gasteiger partial charge in [-0.3, -0.25) is 4.79 Å². The Kier molecular flexibility index (Phi) is 5.15. The van der Waals surface area contributed by atoms with E-state index in [0.29, 0.717) is 23.7 Å². The van der Waals surface area contributed by atoms with Gasteiger partial charge in [0.2, 0.25) is 0 Å². The first-order valence-electron chi connectivity index (χ1n) is 13.9. The van der Waals surface area contributed by atoms with Gasteiger partial charge < -0.3 is 10.2 Å². The van der Waals surface area contributed by atoms with Crippen molar-refractivity contribution >= 4 is 5.97 Å². The van der Waals surface area contributed by atoms with Crippen LogP contribution in [0.3, 0.4) is 0 Å². The molecule has 5 aliphatic rings. The number of aliphatic hydroxyl groups excluding tert-OH is 1. The van der Waals surface area contributed by atoms with Crippen LogP contribution in [0.25, 0.3) is 0 Å². The molecular formula is C30H48O3. The number of aliphatic carboxylic acids is 1. The third-order valence-electron chi connectivity index (χ3n) is 13.4. The molecule has 33 heavy (non-hydrogen) atoms. The Balaban J connectivity index is 1.61. The van der Waals surface area contributed by atoms with Gasteiger partial charge in [-0.05, 0) is 109 Å². The molecule has 3 nitrogen and oxygen atoms in total. The molecule has 0 aliphatic heterocycles. The monoisotopic (exact) mass is 456 g/mol. The summed E-state index contributed by atoms with van der Waals surface area (Å²) in [5.41, 5.74) is 1.46. The molecule has 10 atom stereocenters. The summed E-state index contributed by atoms with van der Waals surface area (Å²) in [5, 5.41) is 21.4. The Morgan fingerprint density at radius 3 is 2.27 bits per heavy atom. The number of allylic oxidation sites excluding steroid dienone is 2. The summed E-state index contributed by atoms with van der Waals surface area (Å²) in [5.74, 6) is 1.82. The first-order valence-corrected chi connectivity index (χ1v) is 13.9. The maximum atomic E-state index is 12.8. The quantitative estimate of drug-likeness (QED) is 0.414. The van der Waals surface area contributed by atoms with E-state index in [2.05, 4.69) is 54.5 Å². The number of carbonyl (C=O) groups is 1. The van der Waals surface area contributed by atoms with Crippen molar-refractivity contribution in [3.05, 3.63) is 11.6 Å². The normalized spacial score (nSPS) is 55.3. The van der Waals surface area contributed by atoms with Crippen LogP contribution in [-0.2, 0) is 4.79 Å². The molecule has 0 aromatic carbocycles. The van der Waals surface area contributed by atoms with Crippen LogP contribution < -0.4 is 0 Å². The average molecular weight is 457 g/mol. The van der Waals surface area contributed by atoms with E-state index in [1.165, 1.54) is 18.4 Å². The van der Waals surface area contributed by atoms with E-state index in [0.717, 1.165) is 44.9 Å². The molecule has 2 N–H and O–H groups in total. The van der Waals surface area contributed by atoms with Crippen molar-refractivity contribution in [1.82, 2.24) is 0 Å². The van der Waals surface area contributed by atoms with Gasteiger partial charge in [-0.15, -0.1) is 0 Å². The van der Waals surface area contributed by atoms with Gasteiger partial charge in [0.15, 0.2) is 0 Å². The lowest BCUT2D eigenvalue weighted by Crippen LogP contribution is -2.65. The molecule has 0 bridgehead atoms. The molecule has 4 saturated carbocycles. The van der Waals surface area contributed by atoms with Crippen molar-refractivity contribution in [1.29, 1.82) is 0 Å². The lowest BCUT2D eigenvalue weighted by atomic mass is 9.33. The third kappa shape index (κ3) is 2.75. The summed E-state index contributed by atoms with van der Waals surface area (Å²) in [7, 11) is 0. The Morgan fingerprint density at radius 1 is 0.909 bits per heavy atom. The van der Waals surface area contributed by atoms with Crippen molar-refractivity contribution in [2.75, 3.05) is 0 Å². The molecule has 0 saturated heterocycles. The number of aliphatic hydroxyl groups is 1. The van der Waals surface area contributed by atoms with Gasteiger partial charge >= 0.3 is 5.97 Å². The van der Waals surface area contributed by atoms with Gasteiger partial charge in [-0.2, -0.15) is 0 Å². The zero-order valence-electron chi connectivity index (χ0n) is 22.2. The second-order valence-corrected chi connectivity index (χ2v) is 14.5. The molecule has 5 rings (SSSR count). The van der Waals surface area contributed by atoms with Crippen molar-refractivity contribution in [2.24, 2.45) is 56.7 Å². The minimum atomic E-state index is -0.557. The lowest BCUT2D eigenvalue weighted by Gasteiger charge is -2.71. The molecule has 4 fully saturated rings. The summed E-state index contributed by atoms with van der Waals surface area (Å²) in [4.78, 5) is 12.8. The molecular weight excluding hydrogens is 408 g/mol. The van der Waals surface area contributed by atoms with E-state index in [1.54, 1.807) is 0 Å². The van der Waals surface area contributed by atoms with Crippen LogP contribution in [0.1, 0.15) is 106 Å². The van der Waals surface area contributed by atoms with E-state index in [9.17, 15) is 15.0 Å². The second kappa shape index (κ2) is 7.11. The lowest BCUT2D eigenvalue weighted by molar-refractivity contribution is -0.206. The largest absolute Gasteiger partial charge is 0.481 e. The summed E-state index contributed by atoms with van der Waals surface area (Å²) < 4.78 is 0. The Bertz CT molecular complexity index is 874. The third-order valence-corrected chi connectivity index (χ3v) is 13.4. The van der Waals surface area contributed by atoms with Gasteiger partial charge in [0, 0.05) is 0 Å². The highest BCUT2D eigenvalue weighted by molar-refractivity contribution is 5.76. The number of rotatable bonds is 1. The van der Waals surface area contributed by atoms with Crippen molar-refractivity contribution in [3.63, 3.8) is 0 Å². The molecule has 0 radical (unpaired) electrons. The van der Waals surface area contributed by atoms with Crippen LogP contribution >= 0.6 is 0 Å². The fourth-order valence-corrected chi connectivity index (χ4v) is 10.8. The molecule has 0 spiro atoms. The minimum absolute atomic E-state index is 0.0302. The summed E-state index contributed by atoms with van der Waals surface area (Å²) in [6.07, 6.45) is 11.6. The first-order chi connectivity index (χ1) is 15.3. The van der Waals surface area contributed by atoms with E-state index in [-0.39, 0.29) is 33.7 Å². The van der Waals surface area contributed by atoms with Crippen LogP contribution in [-0.4, -0.2) is 22.3 Å². The number of carboxylic acid groups (broad SMARTS) is 1. The highest BCUT2D eigenvalue weighted by Crippen LogP contribution is 2.75. The summed E-state index contributed by atoms with van der Waals surface area (Å²) in [6, 6.07) is 0. The first kappa shape index (κ1) is 23.9. The highest BCUT2D eigenvalue weighted by atomic mass is 16.4. The second-order valence-electron chi connectivity index (χ2n) is 14.5. The highest BCUT2D eigenvalue weighted by Gasteiger charge is 2.69. The predicted molar refractivity (Wildman–Crippen MR) is 133 cm³/mol. The fraction of sp³-hybridized carbons (Fsp3) is 0.900. The van der Waals surface area contributed by atoms with E-state index in [1.807, 2.05) is 0 Å². The molecule has 0 heterocycles. The molecule has 5 aliphatic carbocycles. The van der Waals surface area contributed by atoms with Crippen LogP contribution in [0.15, 0.2) is 11.6 Å². The summed E-state index contributed by atoms with van der Waals surface area (Å²) >= 11 is 0. The smallest absolute Gasteiger partial charge is 0.310 e. The van der Waals surface area contributed by atoms with Crippen LogP contribution in [0.2, 0.25) is 0 Å². The van der Waals surface area contributed by atoms with Gasteiger partial charge in [-0.1, -0.05) is 60.1 Å². The standard InChI is InChI=1S/C30H48O3/c1-18-10-15-30(25(32)33)17-16-28(6)20(24(30)19(18)2)8-9-22-27(5)13-12-23(31)26(3,4)21(27)11-14-29(22,28)7/h8,18-19,21-24,31H,9-17H2,1-7H3,(H,32,33)/t18?,19?,21-,22+,23+,24-,27-,28+,29+,30-/m0/s1. The average Bonchev–Trinajstić information content (AvgIpc) is 2.74. The van der Waals surface area contributed by atoms with Gasteiger partial charge in [0.05, 0.1) is 11.5 Å². The van der Waals surface area contributed by atoms with Crippen LogP contribution in [0, 0.1) is 56.7 Å². The number of hydrogen-bond donors (Lipinski definition) is 2. The van der Waals surface area contributed by atoms with E-state index in [4.69, 9.17) is 0 Å². The van der Waals surface area contributed by atoms with Crippen LogP contribution in [0.4, 0.5) is 0 Å². The maximum Gasteiger partial charge on any atom is 0.310 e. The fourth-order valence-electron chi connectivity index (χ4n) is 10.8. The van der Waals surface area contributed by atoms with Crippen molar-refractivity contribution in [2.45, 2.75) is 112 Å². The van der Waals surface area contributed by atoms with Gasteiger partial charge in [-0.25, -0.2) is 0 Å². The Labute approximate surface area is 201 Å². The molecule has 0 aromatic rings. The molecule has 0 aromatic heterocycles. The van der Waals surface area contributed by atoms with E-state index >= 15 is 0 Å². The van der Waals surface area contributed by atoms with Gasteiger partial charge in [0.1, 0.15) is 0 Å². The molecule has 3 heteroatoms. The van der Waals surface area contributed by atoms with Crippen molar-refractivity contribution in [3.8, 4) is 0 Å². The zero-order valence-corrected chi connectivity index (χ0v) is 22.2. The summed E-state index contributed by atoms with van der Waals surface area (Å²) in [6.45, 7) is 17.0. The predicted octanol–water partition coefficient (Wildman–Crippen LogP) is 7.09.